The molecule has 2 N–H and O–H groups in total. The Hall–Kier alpha value is -1.36. The fourth-order valence-electron chi connectivity index (χ4n) is 2.14. The fourth-order valence-corrected chi connectivity index (χ4v) is 2.14. The van der Waals surface area contributed by atoms with E-state index in [1.54, 1.807) is 7.11 Å². The van der Waals surface area contributed by atoms with E-state index in [4.69, 9.17) is 14.7 Å². The van der Waals surface area contributed by atoms with Crippen molar-refractivity contribution < 1.29 is 4.74 Å². The van der Waals surface area contributed by atoms with Crippen molar-refractivity contribution in [1.82, 2.24) is 9.97 Å². The lowest BCUT2D eigenvalue weighted by Crippen LogP contribution is -2.23. The summed E-state index contributed by atoms with van der Waals surface area (Å²) < 4.78 is 5.18. The standard InChI is InChI=1S/C15H26N4O/c1-5-8-16-13-11(3)14(17-10(2)9-20-4)19-15(18-13)12-6-7-12/h10,12H,5-9H2,1-4H3,(H2,16,17,18,19). The van der Waals surface area contributed by atoms with Gasteiger partial charge in [-0.25, -0.2) is 9.97 Å². The van der Waals surface area contributed by atoms with Crippen molar-refractivity contribution in [2.45, 2.75) is 52.0 Å². The molecule has 1 aliphatic carbocycles. The second kappa shape index (κ2) is 6.88. The maximum absolute atomic E-state index is 5.18. The molecule has 1 fully saturated rings. The second-order valence-electron chi connectivity index (χ2n) is 5.61. The molecule has 0 radical (unpaired) electrons. The van der Waals surface area contributed by atoms with E-state index in [2.05, 4.69) is 31.4 Å². The normalized spacial score (nSPS) is 16.0. The highest BCUT2D eigenvalue weighted by atomic mass is 16.5. The summed E-state index contributed by atoms with van der Waals surface area (Å²) in [6.07, 6.45) is 3.51. The number of nitrogens with zero attached hydrogens (tertiary/aromatic N) is 2. The first kappa shape index (κ1) is 15.0. The molecule has 2 rings (SSSR count). The number of hydrogen-bond donors (Lipinski definition) is 2. The monoisotopic (exact) mass is 278 g/mol. The van der Waals surface area contributed by atoms with E-state index >= 15 is 0 Å². The van der Waals surface area contributed by atoms with Gasteiger partial charge in [-0.05, 0) is 33.1 Å². The molecule has 1 aromatic heterocycles. The number of hydrogen-bond acceptors (Lipinski definition) is 5. The maximum Gasteiger partial charge on any atom is 0.136 e. The Bertz CT molecular complexity index is 446. The average Bonchev–Trinajstić information content (AvgIpc) is 3.24. The zero-order valence-electron chi connectivity index (χ0n) is 13.0. The minimum atomic E-state index is 0.236. The van der Waals surface area contributed by atoms with Crippen LogP contribution in [0.5, 0.6) is 0 Å². The van der Waals surface area contributed by atoms with Crippen molar-refractivity contribution in [2.24, 2.45) is 0 Å². The van der Waals surface area contributed by atoms with Crippen LogP contribution in [0, 0.1) is 6.92 Å². The van der Waals surface area contributed by atoms with Crippen molar-refractivity contribution in [3.8, 4) is 0 Å². The third kappa shape index (κ3) is 3.82. The maximum atomic E-state index is 5.18. The molecule has 0 amide bonds. The lowest BCUT2D eigenvalue weighted by Gasteiger charge is -2.18. The van der Waals surface area contributed by atoms with Gasteiger partial charge in [-0.15, -0.1) is 0 Å². The number of rotatable bonds is 8. The van der Waals surface area contributed by atoms with Crippen LogP contribution in [-0.4, -0.2) is 36.3 Å². The van der Waals surface area contributed by atoms with E-state index in [1.807, 2.05) is 0 Å². The Morgan fingerprint density at radius 3 is 2.60 bits per heavy atom. The predicted octanol–water partition coefficient (Wildman–Crippen LogP) is 2.93. The van der Waals surface area contributed by atoms with E-state index in [0.29, 0.717) is 12.5 Å². The summed E-state index contributed by atoms with van der Waals surface area (Å²) in [4.78, 5) is 9.40. The Kier molecular flexibility index (Phi) is 5.17. The van der Waals surface area contributed by atoms with Crippen LogP contribution in [0.2, 0.25) is 0 Å². The lowest BCUT2D eigenvalue weighted by atomic mass is 10.2. The van der Waals surface area contributed by atoms with Gasteiger partial charge in [0.2, 0.25) is 0 Å². The summed E-state index contributed by atoms with van der Waals surface area (Å²) in [6.45, 7) is 7.93. The van der Waals surface area contributed by atoms with Crippen molar-refractivity contribution in [3.63, 3.8) is 0 Å². The Labute approximate surface area is 121 Å². The van der Waals surface area contributed by atoms with Gasteiger partial charge in [0.25, 0.3) is 0 Å². The van der Waals surface area contributed by atoms with Crippen molar-refractivity contribution in [3.05, 3.63) is 11.4 Å². The lowest BCUT2D eigenvalue weighted by molar-refractivity contribution is 0.190. The molecule has 112 valence electrons. The first-order chi connectivity index (χ1) is 9.65. The molecule has 0 saturated heterocycles. The molecule has 5 nitrogen and oxygen atoms in total. The molecular weight excluding hydrogens is 252 g/mol. The molecule has 0 aliphatic heterocycles. The van der Waals surface area contributed by atoms with Crippen LogP contribution in [0.1, 0.15) is 50.4 Å². The van der Waals surface area contributed by atoms with Gasteiger partial charge in [-0.3, -0.25) is 0 Å². The smallest absolute Gasteiger partial charge is 0.136 e. The highest BCUT2D eigenvalue weighted by Gasteiger charge is 2.28. The molecule has 1 aliphatic rings. The summed E-state index contributed by atoms with van der Waals surface area (Å²) >= 11 is 0. The van der Waals surface area contributed by atoms with Crippen LogP contribution in [0.3, 0.4) is 0 Å². The molecule has 1 unspecified atom stereocenters. The molecule has 0 bridgehead atoms. The van der Waals surface area contributed by atoms with Gasteiger partial charge < -0.3 is 15.4 Å². The molecule has 1 aromatic rings. The largest absolute Gasteiger partial charge is 0.383 e. The number of nitrogens with one attached hydrogen (secondary N) is 2. The fraction of sp³-hybridized carbons (Fsp3) is 0.733. The molecule has 0 aromatic carbocycles. The second-order valence-corrected chi connectivity index (χ2v) is 5.61. The number of methoxy groups -OCH3 is 1. The first-order valence-corrected chi connectivity index (χ1v) is 7.53. The Balaban J connectivity index is 2.21. The topological polar surface area (TPSA) is 59.1 Å². The summed E-state index contributed by atoms with van der Waals surface area (Å²) in [7, 11) is 1.72. The van der Waals surface area contributed by atoms with Gasteiger partial charge in [-0.2, -0.15) is 0 Å². The molecule has 1 heterocycles. The summed E-state index contributed by atoms with van der Waals surface area (Å²) in [5.41, 5.74) is 1.09. The summed E-state index contributed by atoms with van der Waals surface area (Å²) in [5.74, 6) is 3.43. The molecule has 1 saturated carbocycles. The molecule has 1 atom stereocenters. The third-order valence-electron chi connectivity index (χ3n) is 3.45. The van der Waals surface area contributed by atoms with Crippen molar-refractivity contribution in [1.29, 1.82) is 0 Å². The number of aromatic nitrogens is 2. The van der Waals surface area contributed by atoms with Gasteiger partial charge in [0.05, 0.1) is 6.61 Å². The van der Waals surface area contributed by atoms with Gasteiger partial charge >= 0.3 is 0 Å². The van der Waals surface area contributed by atoms with Gasteiger partial charge in [0.15, 0.2) is 0 Å². The van der Waals surface area contributed by atoms with Crippen LogP contribution in [0.25, 0.3) is 0 Å². The highest BCUT2D eigenvalue weighted by molar-refractivity contribution is 5.58. The van der Waals surface area contributed by atoms with Gasteiger partial charge in [0.1, 0.15) is 17.5 Å². The number of ether oxygens (including phenoxy) is 1. The van der Waals surface area contributed by atoms with E-state index in [0.717, 1.165) is 36.0 Å². The van der Waals surface area contributed by atoms with Gasteiger partial charge in [0, 0.05) is 31.2 Å². The summed E-state index contributed by atoms with van der Waals surface area (Å²) in [5, 5.41) is 6.84. The summed E-state index contributed by atoms with van der Waals surface area (Å²) in [6, 6.07) is 0.236. The SMILES string of the molecule is CCCNc1nc(C2CC2)nc(NC(C)COC)c1C. The van der Waals surface area contributed by atoms with Crippen LogP contribution < -0.4 is 10.6 Å². The molecule has 0 spiro atoms. The Morgan fingerprint density at radius 1 is 1.30 bits per heavy atom. The van der Waals surface area contributed by atoms with Crippen LogP contribution >= 0.6 is 0 Å². The van der Waals surface area contributed by atoms with Crippen molar-refractivity contribution >= 4 is 11.6 Å². The van der Waals surface area contributed by atoms with Crippen LogP contribution in [0.4, 0.5) is 11.6 Å². The quantitative estimate of drug-likeness (QED) is 0.765. The van der Waals surface area contributed by atoms with E-state index in [-0.39, 0.29) is 6.04 Å². The predicted molar refractivity (Wildman–Crippen MR) is 82.5 cm³/mol. The van der Waals surface area contributed by atoms with Crippen molar-refractivity contribution in [2.75, 3.05) is 30.9 Å². The highest BCUT2D eigenvalue weighted by Crippen LogP contribution is 2.39. The average molecular weight is 278 g/mol. The Morgan fingerprint density at radius 2 is 2.00 bits per heavy atom. The zero-order valence-corrected chi connectivity index (χ0v) is 13.0. The zero-order chi connectivity index (χ0) is 14.5. The van der Waals surface area contributed by atoms with E-state index in [9.17, 15) is 0 Å². The van der Waals surface area contributed by atoms with Crippen LogP contribution in [0.15, 0.2) is 0 Å². The minimum Gasteiger partial charge on any atom is -0.383 e. The van der Waals surface area contributed by atoms with Gasteiger partial charge in [-0.1, -0.05) is 6.92 Å². The molecule has 20 heavy (non-hydrogen) atoms. The van der Waals surface area contributed by atoms with Crippen LogP contribution in [-0.2, 0) is 4.74 Å². The molecular formula is C15H26N4O. The van der Waals surface area contributed by atoms with E-state index in [1.165, 1.54) is 12.8 Å². The first-order valence-electron chi connectivity index (χ1n) is 7.53. The minimum absolute atomic E-state index is 0.236. The number of anilines is 2. The third-order valence-corrected chi connectivity index (χ3v) is 3.45. The van der Waals surface area contributed by atoms with E-state index < -0.39 is 0 Å². The molecule has 5 heteroatoms.